The van der Waals surface area contributed by atoms with Gasteiger partial charge in [-0.15, -0.1) is 0 Å². The van der Waals surface area contributed by atoms with Gasteiger partial charge in [0.2, 0.25) is 0 Å². The van der Waals surface area contributed by atoms with Crippen LogP contribution in [0.25, 0.3) is 0 Å². The molecule has 0 atom stereocenters. The Morgan fingerprint density at radius 1 is 0.947 bits per heavy atom. The molecule has 96 valence electrons. The minimum absolute atomic E-state index is 0.537. The molecule has 2 rings (SSSR count). The van der Waals surface area contributed by atoms with E-state index < -0.39 is 0 Å². The summed E-state index contributed by atoms with van der Waals surface area (Å²) in [6.45, 7) is 1.49. The largest absolute Gasteiger partial charge is 0.457 e. The molecule has 0 aliphatic rings. The first-order valence-electron chi connectivity index (χ1n) is 6.28. The molecule has 0 radical (unpaired) electrons. The third-order valence-electron chi connectivity index (χ3n) is 2.64. The minimum atomic E-state index is 0.537. The van der Waals surface area contributed by atoms with Gasteiger partial charge in [-0.2, -0.15) is 5.26 Å². The van der Waals surface area contributed by atoms with Gasteiger partial charge in [0.05, 0.1) is 6.07 Å². The highest BCUT2D eigenvalue weighted by molar-refractivity contribution is 5.32. The van der Waals surface area contributed by atoms with Gasteiger partial charge in [-0.1, -0.05) is 30.3 Å². The van der Waals surface area contributed by atoms with Crippen molar-refractivity contribution in [2.24, 2.45) is 0 Å². The molecule has 3 heteroatoms. The Labute approximate surface area is 113 Å². The van der Waals surface area contributed by atoms with E-state index in [9.17, 15) is 0 Å². The lowest BCUT2D eigenvalue weighted by Crippen LogP contribution is -2.13. The molecule has 2 aromatic carbocycles. The average molecular weight is 252 g/mol. The van der Waals surface area contributed by atoms with Crippen molar-refractivity contribution in [3.8, 4) is 17.6 Å². The smallest absolute Gasteiger partial charge is 0.127 e. The predicted molar refractivity (Wildman–Crippen MR) is 74.9 cm³/mol. The second kappa shape index (κ2) is 7.20. The Morgan fingerprint density at radius 2 is 1.63 bits per heavy atom. The lowest BCUT2D eigenvalue weighted by Gasteiger charge is -2.07. The zero-order valence-corrected chi connectivity index (χ0v) is 10.7. The number of nitrogens with zero attached hydrogens (tertiary/aromatic N) is 1. The molecule has 0 aliphatic heterocycles. The van der Waals surface area contributed by atoms with E-state index in [-0.39, 0.29) is 0 Å². The van der Waals surface area contributed by atoms with Gasteiger partial charge in [-0.3, -0.25) is 0 Å². The van der Waals surface area contributed by atoms with E-state index in [0.717, 1.165) is 24.6 Å². The van der Waals surface area contributed by atoms with E-state index in [4.69, 9.17) is 10.00 Å². The maximum absolute atomic E-state index is 8.43. The lowest BCUT2D eigenvalue weighted by atomic mass is 10.2. The van der Waals surface area contributed by atoms with Crippen LogP contribution in [-0.2, 0) is 6.54 Å². The van der Waals surface area contributed by atoms with Crippen LogP contribution < -0.4 is 10.1 Å². The highest BCUT2D eigenvalue weighted by Gasteiger charge is 1.97. The molecule has 0 fully saturated rings. The first-order valence-corrected chi connectivity index (χ1v) is 6.28. The topological polar surface area (TPSA) is 45.0 Å². The van der Waals surface area contributed by atoms with Crippen molar-refractivity contribution >= 4 is 0 Å². The number of para-hydroxylation sites is 1. The normalized spacial score (nSPS) is 9.84. The summed E-state index contributed by atoms with van der Waals surface area (Å²) in [5.74, 6) is 1.66. The first kappa shape index (κ1) is 13.1. The SMILES string of the molecule is N#CCCNCc1ccc(Oc2ccccc2)cc1. The van der Waals surface area contributed by atoms with E-state index in [1.54, 1.807) is 0 Å². The molecule has 0 spiro atoms. The molecule has 0 aromatic heterocycles. The van der Waals surface area contributed by atoms with Gasteiger partial charge in [0.1, 0.15) is 11.5 Å². The standard InChI is InChI=1S/C16H16N2O/c17-11-4-12-18-13-14-7-9-16(10-8-14)19-15-5-2-1-3-6-15/h1-3,5-10,18H,4,12-13H2. The number of nitrogens with one attached hydrogen (secondary N) is 1. The van der Waals surface area contributed by atoms with Crippen LogP contribution in [0.15, 0.2) is 54.6 Å². The van der Waals surface area contributed by atoms with Crippen LogP contribution in [0.2, 0.25) is 0 Å². The van der Waals surface area contributed by atoms with Crippen molar-refractivity contribution < 1.29 is 4.74 Å². The zero-order valence-electron chi connectivity index (χ0n) is 10.7. The number of rotatable bonds is 6. The fourth-order valence-electron chi connectivity index (χ4n) is 1.68. The summed E-state index contributed by atoms with van der Waals surface area (Å²) in [6, 6.07) is 19.8. The number of ether oxygens (including phenoxy) is 1. The van der Waals surface area contributed by atoms with Crippen molar-refractivity contribution in [1.29, 1.82) is 5.26 Å². The first-order chi connectivity index (χ1) is 9.38. The lowest BCUT2D eigenvalue weighted by molar-refractivity contribution is 0.482. The molecule has 2 aromatic rings. The van der Waals surface area contributed by atoms with Crippen molar-refractivity contribution in [2.75, 3.05) is 6.54 Å². The summed E-state index contributed by atoms with van der Waals surface area (Å²) >= 11 is 0. The van der Waals surface area contributed by atoms with Gasteiger partial charge in [0.25, 0.3) is 0 Å². The van der Waals surface area contributed by atoms with Crippen molar-refractivity contribution in [3.63, 3.8) is 0 Å². The van der Waals surface area contributed by atoms with Gasteiger partial charge in [-0.25, -0.2) is 0 Å². The van der Waals surface area contributed by atoms with E-state index in [1.807, 2.05) is 54.6 Å². The van der Waals surface area contributed by atoms with Crippen molar-refractivity contribution in [1.82, 2.24) is 5.32 Å². The number of hydrogen-bond donors (Lipinski definition) is 1. The van der Waals surface area contributed by atoms with Crippen LogP contribution >= 0.6 is 0 Å². The van der Waals surface area contributed by atoms with Crippen molar-refractivity contribution in [3.05, 3.63) is 60.2 Å². The van der Waals surface area contributed by atoms with Gasteiger partial charge in [-0.05, 0) is 29.8 Å². The van der Waals surface area contributed by atoms with E-state index in [1.165, 1.54) is 5.56 Å². The molecule has 0 aliphatic carbocycles. The molecular formula is C16H16N2O. The number of benzene rings is 2. The Bertz CT molecular complexity index is 529. The summed E-state index contributed by atoms with van der Waals surface area (Å²) in [6.07, 6.45) is 0.537. The molecule has 0 heterocycles. The average Bonchev–Trinajstić information content (AvgIpc) is 2.46. The highest BCUT2D eigenvalue weighted by Crippen LogP contribution is 2.20. The van der Waals surface area contributed by atoms with Crippen molar-refractivity contribution in [2.45, 2.75) is 13.0 Å². The Hall–Kier alpha value is -2.31. The van der Waals surface area contributed by atoms with Gasteiger partial charge < -0.3 is 10.1 Å². The maximum Gasteiger partial charge on any atom is 0.127 e. The second-order valence-electron chi connectivity index (χ2n) is 4.14. The predicted octanol–water partition coefficient (Wildman–Crippen LogP) is 3.48. The third-order valence-corrected chi connectivity index (χ3v) is 2.64. The fourth-order valence-corrected chi connectivity index (χ4v) is 1.68. The maximum atomic E-state index is 8.43. The van der Waals surface area contributed by atoms with Crippen LogP contribution in [-0.4, -0.2) is 6.54 Å². The molecule has 0 bridgehead atoms. The molecule has 0 saturated carbocycles. The van der Waals surface area contributed by atoms with Crippen LogP contribution in [0, 0.1) is 11.3 Å². The fraction of sp³-hybridized carbons (Fsp3) is 0.188. The summed E-state index contributed by atoms with van der Waals surface area (Å²) in [4.78, 5) is 0. The Kier molecular flexibility index (Phi) is 4.97. The molecule has 0 amide bonds. The second-order valence-corrected chi connectivity index (χ2v) is 4.14. The van der Waals surface area contributed by atoms with Crippen LogP contribution in [0.3, 0.4) is 0 Å². The van der Waals surface area contributed by atoms with Crippen LogP contribution in [0.4, 0.5) is 0 Å². The monoisotopic (exact) mass is 252 g/mol. The van der Waals surface area contributed by atoms with E-state index >= 15 is 0 Å². The summed E-state index contributed by atoms with van der Waals surface area (Å²) in [7, 11) is 0. The summed E-state index contributed by atoms with van der Waals surface area (Å²) in [5, 5.41) is 11.6. The van der Waals surface area contributed by atoms with Crippen LogP contribution in [0.5, 0.6) is 11.5 Å². The van der Waals surface area contributed by atoms with E-state index in [0.29, 0.717) is 6.42 Å². The minimum Gasteiger partial charge on any atom is -0.457 e. The van der Waals surface area contributed by atoms with Gasteiger partial charge in [0.15, 0.2) is 0 Å². The third kappa shape index (κ3) is 4.46. The highest BCUT2D eigenvalue weighted by atomic mass is 16.5. The van der Waals surface area contributed by atoms with E-state index in [2.05, 4.69) is 11.4 Å². The molecule has 0 saturated heterocycles. The molecule has 3 nitrogen and oxygen atoms in total. The molecule has 0 unspecified atom stereocenters. The Morgan fingerprint density at radius 3 is 2.32 bits per heavy atom. The number of nitriles is 1. The summed E-state index contributed by atoms with van der Waals surface area (Å²) in [5.41, 5.74) is 1.18. The van der Waals surface area contributed by atoms with Crippen LogP contribution in [0.1, 0.15) is 12.0 Å². The molecule has 1 N–H and O–H groups in total. The Balaban J connectivity index is 1.86. The van der Waals surface area contributed by atoms with Gasteiger partial charge in [0, 0.05) is 19.5 Å². The van der Waals surface area contributed by atoms with Gasteiger partial charge >= 0.3 is 0 Å². The molecule has 19 heavy (non-hydrogen) atoms. The zero-order chi connectivity index (χ0) is 13.3. The quantitative estimate of drug-likeness (QED) is 0.800. The summed E-state index contributed by atoms with van der Waals surface area (Å²) < 4.78 is 5.71. The number of hydrogen-bond acceptors (Lipinski definition) is 3. The molecular weight excluding hydrogens is 236 g/mol.